The van der Waals surface area contributed by atoms with Gasteiger partial charge in [0.15, 0.2) is 0 Å². The van der Waals surface area contributed by atoms with Gasteiger partial charge in [0.1, 0.15) is 5.82 Å². The lowest BCUT2D eigenvalue weighted by molar-refractivity contribution is 0.102. The Morgan fingerprint density at radius 1 is 1.14 bits per heavy atom. The van der Waals surface area contributed by atoms with E-state index in [2.05, 4.69) is 10.3 Å². The maximum atomic E-state index is 14.0. The highest BCUT2D eigenvalue weighted by atomic mass is 19.1. The highest BCUT2D eigenvalue weighted by Gasteiger charge is 2.09. The number of fused-ring (bicyclic) bond motifs is 1. The first kappa shape index (κ1) is 14.0. The zero-order valence-electron chi connectivity index (χ0n) is 11.8. The molecule has 2 aromatic carbocycles. The van der Waals surface area contributed by atoms with Crippen molar-refractivity contribution in [1.29, 1.82) is 0 Å². The molecule has 3 rings (SSSR count). The Morgan fingerprint density at radius 2 is 1.95 bits per heavy atom. The largest absolute Gasteiger partial charge is 0.322 e. The number of aromatic amines is 1. The molecule has 3 aromatic rings. The summed E-state index contributed by atoms with van der Waals surface area (Å²) >= 11 is 0. The highest BCUT2D eigenvalue weighted by Crippen LogP contribution is 2.20. The van der Waals surface area contributed by atoms with Crippen LogP contribution in [0.5, 0.6) is 0 Å². The second-order valence-electron chi connectivity index (χ2n) is 5.07. The fraction of sp³-hybridized carbons (Fsp3) is 0.0588. The molecule has 0 fully saturated rings. The molecule has 0 aliphatic carbocycles. The number of pyridine rings is 1. The van der Waals surface area contributed by atoms with Crippen molar-refractivity contribution in [2.45, 2.75) is 6.92 Å². The van der Waals surface area contributed by atoms with Gasteiger partial charge >= 0.3 is 0 Å². The Balaban J connectivity index is 1.96. The average molecular weight is 296 g/mol. The van der Waals surface area contributed by atoms with E-state index in [9.17, 15) is 14.0 Å². The van der Waals surface area contributed by atoms with Crippen molar-refractivity contribution in [2.75, 3.05) is 5.32 Å². The van der Waals surface area contributed by atoms with Gasteiger partial charge in [-0.15, -0.1) is 0 Å². The summed E-state index contributed by atoms with van der Waals surface area (Å²) in [6.45, 7) is 1.89. The van der Waals surface area contributed by atoms with Crippen molar-refractivity contribution in [3.05, 3.63) is 75.8 Å². The molecular weight excluding hydrogens is 283 g/mol. The zero-order chi connectivity index (χ0) is 15.7. The minimum atomic E-state index is -0.588. The number of aromatic nitrogens is 1. The van der Waals surface area contributed by atoms with Gasteiger partial charge in [0.25, 0.3) is 5.91 Å². The average Bonchev–Trinajstić information content (AvgIpc) is 2.48. The topological polar surface area (TPSA) is 62.0 Å². The number of amides is 1. The molecule has 0 unspecified atom stereocenters. The summed E-state index contributed by atoms with van der Waals surface area (Å²) in [5.74, 6) is -0.901. The molecule has 0 radical (unpaired) electrons. The van der Waals surface area contributed by atoms with Gasteiger partial charge in [-0.05, 0) is 37.3 Å². The third-order valence-corrected chi connectivity index (χ3v) is 3.32. The number of hydrogen-bond acceptors (Lipinski definition) is 2. The Labute approximate surface area is 125 Å². The number of anilines is 1. The number of aryl methyl sites for hydroxylation is 1. The van der Waals surface area contributed by atoms with Crippen molar-refractivity contribution < 1.29 is 9.18 Å². The van der Waals surface area contributed by atoms with Crippen LogP contribution in [0.2, 0.25) is 0 Å². The lowest BCUT2D eigenvalue weighted by Crippen LogP contribution is -2.12. The van der Waals surface area contributed by atoms with E-state index in [0.29, 0.717) is 16.6 Å². The van der Waals surface area contributed by atoms with E-state index in [1.807, 2.05) is 13.0 Å². The van der Waals surface area contributed by atoms with Crippen LogP contribution in [0, 0.1) is 12.7 Å². The molecule has 0 bridgehead atoms. The molecule has 22 heavy (non-hydrogen) atoms. The second kappa shape index (κ2) is 5.44. The zero-order valence-corrected chi connectivity index (χ0v) is 11.8. The number of hydrogen-bond donors (Lipinski definition) is 2. The standard InChI is InChI=1S/C17H13FN2O2/c1-10-3-2-4-12(7-10)17(22)19-13-8-11-5-6-15(21)20-16(11)14(18)9-13/h2-9H,1H3,(H,19,22)(H,20,21). The van der Waals surface area contributed by atoms with Crippen LogP contribution in [-0.2, 0) is 0 Å². The number of carbonyl (C=O) groups excluding carboxylic acids is 1. The summed E-state index contributed by atoms with van der Waals surface area (Å²) < 4.78 is 14.0. The smallest absolute Gasteiger partial charge is 0.255 e. The van der Waals surface area contributed by atoms with Crippen LogP contribution in [0.3, 0.4) is 0 Å². The fourth-order valence-corrected chi connectivity index (χ4v) is 2.28. The predicted molar refractivity (Wildman–Crippen MR) is 83.7 cm³/mol. The van der Waals surface area contributed by atoms with E-state index in [1.54, 1.807) is 24.3 Å². The minimum absolute atomic E-state index is 0.126. The molecule has 1 aromatic heterocycles. The quantitative estimate of drug-likeness (QED) is 0.762. The van der Waals surface area contributed by atoms with Crippen molar-refractivity contribution in [3.63, 3.8) is 0 Å². The van der Waals surface area contributed by atoms with Crippen molar-refractivity contribution in [3.8, 4) is 0 Å². The number of H-pyrrole nitrogens is 1. The lowest BCUT2D eigenvalue weighted by Gasteiger charge is -2.08. The summed E-state index contributed by atoms with van der Waals surface area (Å²) in [6, 6.07) is 12.8. The number of benzene rings is 2. The van der Waals surface area contributed by atoms with Crippen LogP contribution in [0.15, 0.2) is 53.3 Å². The first-order valence-electron chi connectivity index (χ1n) is 6.73. The molecule has 4 nitrogen and oxygen atoms in total. The third kappa shape index (κ3) is 2.74. The molecule has 0 aliphatic heterocycles. The number of carbonyl (C=O) groups is 1. The van der Waals surface area contributed by atoms with Gasteiger partial charge in [0.05, 0.1) is 5.52 Å². The van der Waals surface area contributed by atoms with E-state index in [1.165, 1.54) is 18.2 Å². The minimum Gasteiger partial charge on any atom is -0.322 e. The molecule has 1 heterocycles. The van der Waals surface area contributed by atoms with Gasteiger partial charge in [-0.25, -0.2) is 4.39 Å². The van der Waals surface area contributed by atoms with E-state index in [4.69, 9.17) is 0 Å². The molecule has 0 spiro atoms. The molecule has 110 valence electrons. The Kier molecular flexibility index (Phi) is 3.47. The van der Waals surface area contributed by atoms with Crippen LogP contribution < -0.4 is 10.9 Å². The van der Waals surface area contributed by atoms with Gasteiger partial charge in [-0.1, -0.05) is 17.7 Å². The van der Waals surface area contributed by atoms with Crippen LogP contribution in [0.1, 0.15) is 15.9 Å². The van der Waals surface area contributed by atoms with E-state index in [0.717, 1.165) is 5.56 Å². The summed E-state index contributed by atoms with van der Waals surface area (Å²) in [4.78, 5) is 25.8. The highest BCUT2D eigenvalue weighted by molar-refractivity contribution is 6.05. The predicted octanol–water partition coefficient (Wildman–Crippen LogP) is 3.23. The van der Waals surface area contributed by atoms with Crippen LogP contribution in [0.4, 0.5) is 10.1 Å². The number of halogens is 1. The second-order valence-corrected chi connectivity index (χ2v) is 5.07. The molecule has 5 heteroatoms. The lowest BCUT2D eigenvalue weighted by atomic mass is 10.1. The normalized spacial score (nSPS) is 10.6. The van der Waals surface area contributed by atoms with Gasteiger partial charge in [0.2, 0.25) is 5.56 Å². The summed E-state index contributed by atoms with van der Waals surface area (Å²) in [5.41, 5.74) is 1.56. The van der Waals surface area contributed by atoms with Crippen LogP contribution in [-0.4, -0.2) is 10.9 Å². The summed E-state index contributed by atoms with van der Waals surface area (Å²) in [5, 5.41) is 3.18. The third-order valence-electron chi connectivity index (χ3n) is 3.32. The van der Waals surface area contributed by atoms with Gasteiger partial charge in [-0.2, -0.15) is 0 Å². The maximum Gasteiger partial charge on any atom is 0.255 e. The molecule has 0 saturated heterocycles. The van der Waals surface area contributed by atoms with Gasteiger partial charge in [-0.3, -0.25) is 9.59 Å². The summed E-state index contributed by atoms with van der Waals surface area (Å²) in [6.07, 6.45) is 0. The van der Waals surface area contributed by atoms with Crippen molar-refractivity contribution in [2.24, 2.45) is 0 Å². The Bertz CT molecular complexity index is 931. The molecular formula is C17H13FN2O2. The Morgan fingerprint density at radius 3 is 2.73 bits per heavy atom. The first-order chi connectivity index (χ1) is 10.5. The molecule has 1 amide bonds. The first-order valence-corrected chi connectivity index (χ1v) is 6.73. The number of rotatable bonds is 2. The van der Waals surface area contributed by atoms with Gasteiger partial charge < -0.3 is 10.3 Å². The van der Waals surface area contributed by atoms with Crippen LogP contribution in [0.25, 0.3) is 10.9 Å². The van der Waals surface area contributed by atoms with Crippen LogP contribution >= 0.6 is 0 Å². The molecule has 0 aliphatic rings. The Hall–Kier alpha value is -2.95. The maximum absolute atomic E-state index is 14.0. The van der Waals surface area contributed by atoms with Gasteiger partial charge in [0, 0.05) is 22.7 Å². The fourth-order valence-electron chi connectivity index (χ4n) is 2.28. The SMILES string of the molecule is Cc1cccc(C(=O)Nc2cc(F)c3[nH]c(=O)ccc3c2)c1. The van der Waals surface area contributed by atoms with E-state index < -0.39 is 5.82 Å². The molecule has 2 N–H and O–H groups in total. The van der Waals surface area contributed by atoms with Crippen molar-refractivity contribution in [1.82, 2.24) is 4.98 Å². The van der Waals surface area contributed by atoms with E-state index in [-0.39, 0.29) is 17.0 Å². The van der Waals surface area contributed by atoms with E-state index >= 15 is 0 Å². The monoisotopic (exact) mass is 296 g/mol. The molecule has 0 atom stereocenters. The molecule has 0 saturated carbocycles. The summed E-state index contributed by atoms with van der Waals surface area (Å²) in [7, 11) is 0. The number of nitrogens with one attached hydrogen (secondary N) is 2. The van der Waals surface area contributed by atoms with Crippen molar-refractivity contribution >= 4 is 22.5 Å².